The molecule has 4 heteroatoms. The summed E-state index contributed by atoms with van der Waals surface area (Å²) in [7, 11) is 0. The standard InChI is InChI=1S/C16H20N2S2/c1-10-6-9-14(19-10)15(17-11-7-8-11)16-18-12-4-2-3-5-13(12)20-16/h6,9,11,15,17H,2-5,7-8H2,1H3. The van der Waals surface area contributed by atoms with Crippen LogP contribution in [-0.4, -0.2) is 11.0 Å². The van der Waals surface area contributed by atoms with Crippen molar-refractivity contribution >= 4 is 22.7 Å². The average molecular weight is 304 g/mol. The summed E-state index contributed by atoms with van der Waals surface area (Å²) in [6.07, 6.45) is 7.73. The van der Waals surface area contributed by atoms with E-state index in [0.717, 1.165) is 0 Å². The second-order valence-electron chi connectivity index (χ2n) is 5.95. The topological polar surface area (TPSA) is 24.9 Å². The van der Waals surface area contributed by atoms with E-state index >= 15 is 0 Å². The zero-order valence-electron chi connectivity index (χ0n) is 11.8. The summed E-state index contributed by atoms with van der Waals surface area (Å²) < 4.78 is 0. The van der Waals surface area contributed by atoms with Gasteiger partial charge < -0.3 is 5.32 Å². The number of fused-ring (bicyclic) bond motifs is 1. The molecule has 0 amide bonds. The maximum atomic E-state index is 4.98. The van der Waals surface area contributed by atoms with Crippen molar-refractivity contribution in [3.05, 3.63) is 37.5 Å². The predicted octanol–water partition coefficient (Wildman–Crippen LogP) is 4.23. The largest absolute Gasteiger partial charge is 0.301 e. The zero-order chi connectivity index (χ0) is 13.5. The fourth-order valence-electron chi connectivity index (χ4n) is 2.86. The molecule has 4 rings (SSSR count). The average Bonchev–Trinajstić information content (AvgIpc) is 3.01. The third kappa shape index (κ3) is 2.57. The van der Waals surface area contributed by atoms with Gasteiger partial charge in [0.1, 0.15) is 5.01 Å². The maximum Gasteiger partial charge on any atom is 0.116 e. The van der Waals surface area contributed by atoms with Crippen molar-refractivity contribution in [1.29, 1.82) is 0 Å². The quantitative estimate of drug-likeness (QED) is 0.914. The first-order valence-corrected chi connectivity index (χ1v) is 9.24. The molecule has 20 heavy (non-hydrogen) atoms. The van der Waals surface area contributed by atoms with Crippen LogP contribution in [0.1, 0.15) is 57.1 Å². The Balaban J connectivity index is 1.67. The lowest BCUT2D eigenvalue weighted by Gasteiger charge is -2.14. The first-order chi connectivity index (χ1) is 9.79. The molecule has 1 atom stereocenters. The summed E-state index contributed by atoms with van der Waals surface area (Å²) in [4.78, 5) is 9.35. The van der Waals surface area contributed by atoms with Crippen LogP contribution < -0.4 is 5.32 Å². The molecule has 2 nitrogen and oxygen atoms in total. The molecule has 106 valence electrons. The molecule has 0 radical (unpaired) electrons. The molecule has 2 aliphatic rings. The van der Waals surface area contributed by atoms with Gasteiger partial charge in [-0.1, -0.05) is 0 Å². The van der Waals surface area contributed by atoms with Gasteiger partial charge >= 0.3 is 0 Å². The van der Waals surface area contributed by atoms with Gasteiger partial charge in [-0.05, 0) is 57.6 Å². The van der Waals surface area contributed by atoms with Gasteiger partial charge in [0.05, 0.1) is 11.7 Å². The fraction of sp³-hybridized carbons (Fsp3) is 0.562. The Labute approximate surface area is 128 Å². The van der Waals surface area contributed by atoms with Gasteiger partial charge in [0.25, 0.3) is 0 Å². The van der Waals surface area contributed by atoms with Gasteiger partial charge in [0, 0.05) is 20.7 Å². The Morgan fingerprint density at radius 2 is 2.05 bits per heavy atom. The van der Waals surface area contributed by atoms with Crippen molar-refractivity contribution in [1.82, 2.24) is 10.3 Å². The third-order valence-electron chi connectivity index (χ3n) is 4.13. The lowest BCUT2D eigenvalue weighted by molar-refractivity contribution is 0.602. The number of aromatic nitrogens is 1. The van der Waals surface area contributed by atoms with E-state index in [4.69, 9.17) is 4.98 Å². The molecule has 2 aromatic rings. The van der Waals surface area contributed by atoms with Crippen LogP contribution in [0.4, 0.5) is 0 Å². The van der Waals surface area contributed by atoms with Crippen LogP contribution in [0.2, 0.25) is 0 Å². The van der Waals surface area contributed by atoms with Gasteiger partial charge in [0.2, 0.25) is 0 Å². The first-order valence-electron chi connectivity index (χ1n) is 7.60. The molecule has 0 bridgehead atoms. The third-order valence-corrected chi connectivity index (χ3v) is 6.42. The molecular formula is C16H20N2S2. The fourth-order valence-corrected chi connectivity index (χ4v) is 5.11. The minimum atomic E-state index is 0.330. The van der Waals surface area contributed by atoms with Gasteiger partial charge in [-0.3, -0.25) is 0 Å². The molecule has 0 aromatic carbocycles. The summed E-state index contributed by atoms with van der Waals surface area (Å²) in [6, 6.07) is 5.55. The lowest BCUT2D eigenvalue weighted by atomic mass is 10.0. The summed E-state index contributed by atoms with van der Waals surface area (Å²) in [5.74, 6) is 0. The molecule has 0 saturated heterocycles. The molecule has 1 unspecified atom stereocenters. The molecule has 0 spiro atoms. The highest BCUT2D eigenvalue weighted by molar-refractivity contribution is 7.13. The molecular weight excluding hydrogens is 284 g/mol. The number of hydrogen-bond acceptors (Lipinski definition) is 4. The minimum Gasteiger partial charge on any atom is -0.301 e. The molecule has 1 saturated carbocycles. The highest BCUT2D eigenvalue weighted by Gasteiger charge is 2.29. The van der Waals surface area contributed by atoms with Gasteiger partial charge in [0.15, 0.2) is 0 Å². The van der Waals surface area contributed by atoms with Crippen molar-refractivity contribution in [2.75, 3.05) is 0 Å². The monoisotopic (exact) mass is 304 g/mol. The van der Waals surface area contributed by atoms with Crippen LogP contribution in [-0.2, 0) is 12.8 Å². The Morgan fingerprint density at radius 1 is 1.20 bits per heavy atom. The Bertz CT molecular complexity index is 586. The summed E-state index contributed by atoms with van der Waals surface area (Å²) in [6.45, 7) is 2.19. The number of nitrogens with zero attached hydrogens (tertiary/aromatic N) is 1. The van der Waals surface area contributed by atoms with E-state index in [1.807, 2.05) is 22.7 Å². The molecule has 1 fully saturated rings. The predicted molar refractivity (Wildman–Crippen MR) is 85.8 cm³/mol. The lowest BCUT2D eigenvalue weighted by Crippen LogP contribution is -2.23. The van der Waals surface area contributed by atoms with E-state index in [-0.39, 0.29) is 0 Å². The van der Waals surface area contributed by atoms with Crippen molar-refractivity contribution in [2.45, 2.75) is 57.5 Å². The number of thiazole rings is 1. The van der Waals surface area contributed by atoms with E-state index in [2.05, 4.69) is 24.4 Å². The molecule has 0 aliphatic heterocycles. The smallest absolute Gasteiger partial charge is 0.116 e. The zero-order valence-corrected chi connectivity index (χ0v) is 13.4. The van der Waals surface area contributed by atoms with Crippen molar-refractivity contribution in [3.8, 4) is 0 Å². The van der Waals surface area contributed by atoms with Crippen molar-refractivity contribution in [2.24, 2.45) is 0 Å². The molecule has 2 heterocycles. The highest BCUT2D eigenvalue weighted by Crippen LogP contribution is 2.37. The SMILES string of the molecule is Cc1ccc(C(NC2CC2)c2nc3c(s2)CCCC3)s1. The Hall–Kier alpha value is -0.710. The molecule has 1 N–H and O–H groups in total. The first kappa shape index (κ1) is 13.0. The number of nitrogens with one attached hydrogen (secondary N) is 1. The second kappa shape index (κ2) is 5.24. The van der Waals surface area contributed by atoms with Gasteiger partial charge in [-0.2, -0.15) is 0 Å². The molecule has 2 aliphatic carbocycles. The van der Waals surface area contributed by atoms with E-state index < -0.39 is 0 Å². The van der Waals surface area contributed by atoms with Crippen LogP contribution in [0.5, 0.6) is 0 Å². The van der Waals surface area contributed by atoms with Crippen LogP contribution in [0.3, 0.4) is 0 Å². The number of hydrogen-bond donors (Lipinski definition) is 1. The molecule has 2 aromatic heterocycles. The normalized spacial score (nSPS) is 19.9. The van der Waals surface area contributed by atoms with Crippen LogP contribution >= 0.6 is 22.7 Å². The summed E-state index contributed by atoms with van der Waals surface area (Å²) >= 11 is 3.86. The summed E-state index contributed by atoms with van der Waals surface area (Å²) in [5, 5.41) is 5.10. The van der Waals surface area contributed by atoms with Crippen LogP contribution in [0.15, 0.2) is 12.1 Å². The van der Waals surface area contributed by atoms with Crippen molar-refractivity contribution < 1.29 is 0 Å². The van der Waals surface area contributed by atoms with Crippen LogP contribution in [0.25, 0.3) is 0 Å². The second-order valence-corrected chi connectivity index (χ2v) is 8.39. The number of thiophene rings is 1. The van der Waals surface area contributed by atoms with E-state index in [1.54, 1.807) is 4.88 Å². The number of aryl methyl sites for hydroxylation is 3. The van der Waals surface area contributed by atoms with E-state index in [1.165, 1.54) is 59.0 Å². The maximum absolute atomic E-state index is 4.98. The Morgan fingerprint density at radius 3 is 2.75 bits per heavy atom. The Kier molecular flexibility index (Phi) is 3.41. The van der Waals surface area contributed by atoms with E-state index in [0.29, 0.717) is 12.1 Å². The number of rotatable bonds is 4. The van der Waals surface area contributed by atoms with Gasteiger partial charge in [-0.25, -0.2) is 4.98 Å². The van der Waals surface area contributed by atoms with E-state index in [9.17, 15) is 0 Å². The minimum absolute atomic E-state index is 0.330. The van der Waals surface area contributed by atoms with Crippen molar-refractivity contribution in [3.63, 3.8) is 0 Å². The summed E-state index contributed by atoms with van der Waals surface area (Å²) in [5.41, 5.74) is 1.38. The van der Waals surface area contributed by atoms with Gasteiger partial charge in [-0.15, -0.1) is 22.7 Å². The van der Waals surface area contributed by atoms with Crippen LogP contribution in [0, 0.1) is 6.92 Å². The highest BCUT2D eigenvalue weighted by atomic mass is 32.1.